The molecule has 2 heteroatoms. The number of para-hydroxylation sites is 3. The van der Waals surface area contributed by atoms with Crippen LogP contribution in [0.15, 0.2) is 121 Å². The molecule has 0 unspecified atom stereocenters. The van der Waals surface area contributed by atoms with Crippen molar-refractivity contribution in [1.82, 2.24) is 9.13 Å². The average Bonchev–Trinajstić information content (AvgIpc) is 3.43. The van der Waals surface area contributed by atoms with Crippen LogP contribution in [0.5, 0.6) is 0 Å². The lowest BCUT2D eigenvalue weighted by Crippen LogP contribution is -1.93. The predicted octanol–water partition coefficient (Wildman–Crippen LogP) is 7.88. The first-order valence-electron chi connectivity index (χ1n) is 11.0. The van der Waals surface area contributed by atoms with E-state index in [0.29, 0.717) is 0 Å². The molecule has 0 radical (unpaired) electrons. The molecule has 2 nitrogen and oxygen atoms in total. The summed E-state index contributed by atoms with van der Waals surface area (Å²) in [7, 11) is 0. The number of fused-ring (bicyclic) bond motifs is 6. The van der Waals surface area contributed by atoms with Crippen molar-refractivity contribution in [2.45, 2.75) is 0 Å². The molecule has 32 heavy (non-hydrogen) atoms. The van der Waals surface area contributed by atoms with E-state index in [2.05, 4.69) is 131 Å². The van der Waals surface area contributed by atoms with Crippen molar-refractivity contribution in [1.29, 1.82) is 0 Å². The first-order chi connectivity index (χ1) is 15.9. The van der Waals surface area contributed by atoms with Gasteiger partial charge in [0.15, 0.2) is 0 Å². The molecule has 2 heterocycles. The quantitative estimate of drug-likeness (QED) is 0.275. The van der Waals surface area contributed by atoms with Crippen molar-refractivity contribution in [3.8, 4) is 11.4 Å². The summed E-state index contributed by atoms with van der Waals surface area (Å²) in [4.78, 5) is 0. The summed E-state index contributed by atoms with van der Waals surface area (Å²) in [5.41, 5.74) is 6.07. The van der Waals surface area contributed by atoms with Crippen LogP contribution in [0, 0.1) is 0 Å². The second-order valence-corrected chi connectivity index (χ2v) is 8.30. The summed E-state index contributed by atoms with van der Waals surface area (Å²) in [5.74, 6) is 0. The molecule has 0 aliphatic rings. The van der Waals surface area contributed by atoms with Crippen LogP contribution in [0.1, 0.15) is 0 Å². The van der Waals surface area contributed by atoms with Crippen molar-refractivity contribution >= 4 is 43.5 Å². The number of aromatic nitrogens is 2. The zero-order chi connectivity index (χ0) is 21.1. The molecule has 0 aliphatic heterocycles. The van der Waals surface area contributed by atoms with E-state index >= 15 is 0 Å². The van der Waals surface area contributed by atoms with Gasteiger partial charge in [-0.3, -0.25) is 0 Å². The monoisotopic (exact) mass is 408 g/mol. The molecule has 0 saturated carbocycles. The Balaban J connectivity index is 1.60. The van der Waals surface area contributed by atoms with E-state index in [9.17, 15) is 0 Å². The van der Waals surface area contributed by atoms with Crippen LogP contribution in [-0.2, 0) is 0 Å². The Bertz CT molecular complexity index is 1750. The summed E-state index contributed by atoms with van der Waals surface area (Å²) < 4.78 is 4.66. The SMILES string of the molecule is c1ccc(-n2ccc3c4cc5c(cc4ccc32)c2ccccc2n5-c2ccccc2)cc1. The van der Waals surface area contributed by atoms with Crippen molar-refractivity contribution in [3.63, 3.8) is 0 Å². The highest BCUT2D eigenvalue weighted by atomic mass is 15.0. The summed E-state index contributed by atoms with van der Waals surface area (Å²) in [6.45, 7) is 0. The lowest BCUT2D eigenvalue weighted by atomic mass is 10.0. The second kappa shape index (κ2) is 6.60. The highest BCUT2D eigenvalue weighted by Gasteiger charge is 2.14. The average molecular weight is 409 g/mol. The van der Waals surface area contributed by atoms with E-state index in [4.69, 9.17) is 0 Å². The molecule has 0 saturated heterocycles. The van der Waals surface area contributed by atoms with Crippen molar-refractivity contribution in [2.24, 2.45) is 0 Å². The summed E-state index contributed by atoms with van der Waals surface area (Å²) >= 11 is 0. The van der Waals surface area contributed by atoms with E-state index < -0.39 is 0 Å². The highest BCUT2D eigenvalue weighted by molar-refractivity contribution is 6.18. The van der Waals surface area contributed by atoms with Crippen LogP contribution >= 0.6 is 0 Å². The van der Waals surface area contributed by atoms with Crippen LogP contribution in [0.25, 0.3) is 54.9 Å². The minimum absolute atomic E-state index is 1.18. The Labute approximate surface area is 185 Å². The number of benzene rings is 5. The van der Waals surface area contributed by atoms with Gasteiger partial charge in [0.1, 0.15) is 0 Å². The van der Waals surface area contributed by atoms with Crippen molar-refractivity contribution in [2.75, 3.05) is 0 Å². The summed E-state index contributed by atoms with van der Waals surface area (Å²) in [5, 5.41) is 6.41. The van der Waals surface area contributed by atoms with E-state index in [1.165, 1.54) is 54.9 Å². The molecular weight excluding hydrogens is 388 g/mol. The number of hydrogen-bond donors (Lipinski definition) is 0. The van der Waals surface area contributed by atoms with Gasteiger partial charge in [-0.2, -0.15) is 0 Å². The Kier molecular flexibility index (Phi) is 3.58. The smallest absolute Gasteiger partial charge is 0.0547 e. The summed E-state index contributed by atoms with van der Waals surface area (Å²) in [6.07, 6.45) is 2.18. The minimum atomic E-state index is 1.18. The molecular formula is C30H20N2. The molecule has 7 rings (SSSR count). The van der Waals surface area contributed by atoms with Gasteiger partial charge in [0.25, 0.3) is 0 Å². The molecule has 0 N–H and O–H groups in total. The maximum atomic E-state index is 2.39. The third-order valence-electron chi connectivity index (χ3n) is 6.53. The highest BCUT2D eigenvalue weighted by Crippen LogP contribution is 2.37. The Morgan fingerprint density at radius 3 is 1.91 bits per heavy atom. The predicted molar refractivity (Wildman–Crippen MR) is 135 cm³/mol. The molecule has 0 atom stereocenters. The molecule has 150 valence electrons. The largest absolute Gasteiger partial charge is 0.317 e. The van der Waals surface area contributed by atoms with Crippen LogP contribution in [0.3, 0.4) is 0 Å². The molecule has 0 fully saturated rings. The van der Waals surface area contributed by atoms with Gasteiger partial charge in [-0.25, -0.2) is 0 Å². The zero-order valence-electron chi connectivity index (χ0n) is 17.4. The topological polar surface area (TPSA) is 9.86 Å². The molecule has 0 aliphatic carbocycles. The number of hydrogen-bond acceptors (Lipinski definition) is 0. The van der Waals surface area contributed by atoms with Gasteiger partial charge < -0.3 is 9.13 Å². The molecule has 7 aromatic rings. The minimum Gasteiger partial charge on any atom is -0.317 e. The van der Waals surface area contributed by atoms with Crippen molar-refractivity contribution < 1.29 is 0 Å². The summed E-state index contributed by atoms with van der Waals surface area (Å²) in [6, 6.07) is 41.4. The Morgan fingerprint density at radius 2 is 1.09 bits per heavy atom. The normalized spacial score (nSPS) is 11.8. The van der Waals surface area contributed by atoms with E-state index in [1.54, 1.807) is 0 Å². The van der Waals surface area contributed by atoms with Gasteiger partial charge in [0.2, 0.25) is 0 Å². The van der Waals surface area contributed by atoms with Crippen LogP contribution in [-0.4, -0.2) is 9.13 Å². The Morgan fingerprint density at radius 1 is 0.406 bits per heavy atom. The second-order valence-electron chi connectivity index (χ2n) is 8.30. The van der Waals surface area contributed by atoms with Gasteiger partial charge in [-0.05, 0) is 65.4 Å². The number of rotatable bonds is 2. The fraction of sp³-hybridized carbons (Fsp3) is 0. The molecule has 0 amide bonds. The maximum absolute atomic E-state index is 2.39. The first kappa shape index (κ1) is 17.4. The molecule has 5 aromatic carbocycles. The van der Waals surface area contributed by atoms with E-state index in [0.717, 1.165) is 0 Å². The fourth-order valence-corrected chi connectivity index (χ4v) is 5.08. The third-order valence-corrected chi connectivity index (χ3v) is 6.53. The van der Waals surface area contributed by atoms with Crippen LogP contribution in [0.2, 0.25) is 0 Å². The van der Waals surface area contributed by atoms with Crippen molar-refractivity contribution in [3.05, 3.63) is 121 Å². The van der Waals surface area contributed by atoms with Crippen LogP contribution in [0.4, 0.5) is 0 Å². The number of nitrogens with zero attached hydrogens (tertiary/aromatic N) is 2. The van der Waals surface area contributed by atoms with Gasteiger partial charge in [0.05, 0.1) is 16.6 Å². The van der Waals surface area contributed by atoms with E-state index in [1.807, 2.05) is 0 Å². The van der Waals surface area contributed by atoms with Gasteiger partial charge >= 0.3 is 0 Å². The van der Waals surface area contributed by atoms with Gasteiger partial charge in [-0.15, -0.1) is 0 Å². The zero-order valence-corrected chi connectivity index (χ0v) is 17.4. The first-order valence-corrected chi connectivity index (χ1v) is 11.0. The molecule has 0 bridgehead atoms. The van der Waals surface area contributed by atoms with Gasteiger partial charge in [0, 0.05) is 33.7 Å². The molecule has 0 spiro atoms. The third kappa shape index (κ3) is 2.41. The van der Waals surface area contributed by atoms with Gasteiger partial charge in [-0.1, -0.05) is 60.7 Å². The fourth-order valence-electron chi connectivity index (χ4n) is 5.08. The van der Waals surface area contributed by atoms with Crippen LogP contribution < -0.4 is 0 Å². The van der Waals surface area contributed by atoms with E-state index in [-0.39, 0.29) is 0 Å². The Hall–Kier alpha value is -4.30. The molecule has 2 aromatic heterocycles. The maximum Gasteiger partial charge on any atom is 0.0547 e. The standard InChI is InChI=1S/C30H20N2/c1-3-9-22(10-4-1)31-18-17-25-26-20-30-27(19-21(26)15-16-28(25)31)24-13-7-8-14-29(24)32(30)23-11-5-2-6-12-23/h1-20H. The lowest BCUT2D eigenvalue weighted by molar-refractivity contribution is 1.13. The lowest BCUT2D eigenvalue weighted by Gasteiger charge is -2.09.